The molecule has 1 aromatic carbocycles. The van der Waals surface area contributed by atoms with E-state index in [2.05, 4.69) is 15.6 Å². The number of aromatic nitrogens is 1. The third-order valence-corrected chi connectivity index (χ3v) is 3.92. The van der Waals surface area contributed by atoms with E-state index >= 15 is 0 Å². The Morgan fingerprint density at radius 3 is 2.88 bits per heavy atom. The van der Waals surface area contributed by atoms with Gasteiger partial charge in [0, 0.05) is 31.6 Å². The Hall–Kier alpha value is -2.47. The van der Waals surface area contributed by atoms with Crippen LogP contribution in [0.5, 0.6) is 0 Å². The van der Waals surface area contributed by atoms with Crippen molar-refractivity contribution in [3.63, 3.8) is 0 Å². The summed E-state index contributed by atoms with van der Waals surface area (Å²) in [5, 5.41) is 6.06. The number of hydrogen-bond acceptors (Lipinski definition) is 4. The maximum absolute atomic E-state index is 12.9. The first-order valence-corrected chi connectivity index (χ1v) is 8.05. The van der Waals surface area contributed by atoms with Crippen LogP contribution in [0.4, 0.5) is 10.1 Å². The van der Waals surface area contributed by atoms with E-state index in [4.69, 9.17) is 4.74 Å². The fourth-order valence-corrected chi connectivity index (χ4v) is 2.57. The van der Waals surface area contributed by atoms with Gasteiger partial charge in [-0.3, -0.25) is 9.78 Å². The summed E-state index contributed by atoms with van der Waals surface area (Å²) < 4.78 is 18.4. The van der Waals surface area contributed by atoms with Gasteiger partial charge in [-0.1, -0.05) is 12.1 Å². The van der Waals surface area contributed by atoms with E-state index in [1.165, 1.54) is 12.1 Å². The van der Waals surface area contributed by atoms with Crippen molar-refractivity contribution in [3.8, 4) is 0 Å². The monoisotopic (exact) mass is 329 g/mol. The fourth-order valence-electron chi connectivity index (χ4n) is 2.57. The van der Waals surface area contributed by atoms with E-state index in [1.807, 2.05) is 0 Å². The molecule has 0 bridgehead atoms. The number of nitrogens with one attached hydrogen (secondary N) is 2. The SMILES string of the molecule is O=C(NCC1CCCO1)c1cc(NCc2ccc(F)cc2)ccn1. The number of carbonyl (C=O) groups excluding carboxylic acids is 1. The van der Waals surface area contributed by atoms with Gasteiger partial charge >= 0.3 is 0 Å². The van der Waals surface area contributed by atoms with E-state index in [1.54, 1.807) is 30.5 Å². The van der Waals surface area contributed by atoms with E-state index in [-0.39, 0.29) is 17.8 Å². The number of anilines is 1. The van der Waals surface area contributed by atoms with Gasteiger partial charge in [-0.25, -0.2) is 4.39 Å². The topological polar surface area (TPSA) is 63.2 Å². The van der Waals surface area contributed by atoms with Crippen molar-refractivity contribution in [2.75, 3.05) is 18.5 Å². The second-order valence-electron chi connectivity index (χ2n) is 5.75. The minimum absolute atomic E-state index is 0.105. The summed E-state index contributed by atoms with van der Waals surface area (Å²) in [4.78, 5) is 16.3. The van der Waals surface area contributed by atoms with Crippen LogP contribution in [0.15, 0.2) is 42.6 Å². The van der Waals surface area contributed by atoms with Gasteiger partial charge in [0.15, 0.2) is 0 Å². The summed E-state index contributed by atoms with van der Waals surface area (Å²) in [6, 6.07) is 9.79. The van der Waals surface area contributed by atoms with Crippen LogP contribution in [0, 0.1) is 5.82 Å². The summed E-state index contributed by atoms with van der Waals surface area (Å²) in [5.41, 5.74) is 2.10. The first-order chi connectivity index (χ1) is 11.7. The molecule has 1 aliphatic heterocycles. The smallest absolute Gasteiger partial charge is 0.270 e. The third kappa shape index (κ3) is 4.52. The van der Waals surface area contributed by atoms with Crippen LogP contribution in [0.2, 0.25) is 0 Å². The highest BCUT2D eigenvalue weighted by molar-refractivity contribution is 5.93. The van der Waals surface area contributed by atoms with Crippen molar-refractivity contribution in [2.45, 2.75) is 25.5 Å². The Bertz CT molecular complexity index is 685. The molecule has 1 unspecified atom stereocenters. The molecule has 1 fully saturated rings. The predicted octanol–water partition coefficient (Wildman–Crippen LogP) is 2.74. The zero-order valence-electron chi connectivity index (χ0n) is 13.3. The van der Waals surface area contributed by atoms with E-state index in [9.17, 15) is 9.18 Å². The predicted molar refractivity (Wildman–Crippen MR) is 89.3 cm³/mol. The van der Waals surface area contributed by atoms with Crippen LogP contribution in [0.3, 0.4) is 0 Å². The van der Waals surface area contributed by atoms with Gasteiger partial charge in [-0.2, -0.15) is 0 Å². The number of amides is 1. The van der Waals surface area contributed by atoms with Crippen LogP contribution >= 0.6 is 0 Å². The Morgan fingerprint density at radius 2 is 2.12 bits per heavy atom. The second-order valence-corrected chi connectivity index (χ2v) is 5.75. The Kier molecular flexibility index (Phi) is 5.38. The van der Waals surface area contributed by atoms with Crippen molar-refractivity contribution in [1.29, 1.82) is 0 Å². The maximum Gasteiger partial charge on any atom is 0.270 e. The largest absolute Gasteiger partial charge is 0.381 e. The van der Waals surface area contributed by atoms with Gasteiger partial charge in [-0.05, 0) is 42.7 Å². The van der Waals surface area contributed by atoms with Gasteiger partial charge in [-0.15, -0.1) is 0 Å². The van der Waals surface area contributed by atoms with Gasteiger partial charge in [0.05, 0.1) is 6.10 Å². The molecule has 6 heteroatoms. The highest BCUT2D eigenvalue weighted by Gasteiger charge is 2.17. The average molecular weight is 329 g/mol. The number of hydrogen-bond donors (Lipinski definition) is 2. The number of carbonyl (C=O) groups is 1. The third-order valence-electron chi connectivity index (χ3n) is 3.92. The van der Waals surface area contributed by atoms with Crippen LogP contribution in [-0.2, 0) is 11.3 Å². The van der Waals surface area contributed by atoms with E-state index in [0.29, 0.717) is 18.8 Å². The molecule has 1 amide bonds. The van der Waals surface area contributed by atoms with Crippen molar-refractivity contribution in [2.24, 2.45) is 0 Å². The molecule has 0 saturated carbocycles. The minimum Gasteiger partial charge on any atom is -0.381 e. The molecule has 0 aliphatic carbocycles. The molecule has 1 atom stereocenters. The Morgan fingerprint density at radius 1 is 1.29 bits per heavy atom. The molecular weight excluding hydrogens is 309 g/mol. The van der Waals surface area contributed by atoms with Crippen molar-refractivity contribution in [3.05, 3.63) is 59.7 Å². The van der Waals surface area contributed by atoms with Gasteiger partial charge in [0.25, 0.3) is 5.91 Å². The summed E-state index contributed by atoms with van der Waals surface area (Å²) >= 11 is 0. The summed E-state index contributed by atoms with van der Waals surface area (Å²) in [6.07, 6.45) is 3.72. The lowest BCUT2D eigenvalue weighted by molar-refractivity contribution is 0.0854. The molecular formula is C18H20FN3O2. The van der Waals surface area contributed by atoms with Gasteiger partial charge < -0.3 is 15.4 Å². The molecule has 2 aromatic rings. The standard InChI is InChI=1S/C18H20FN3O2/c19-14-5-3-13(4-6-14)11-21-15-7-8-20-17(10-15)18(23)22-12-16-2-1-9-24-16/h3-8,10,16H,1-2,9,11-12H2,(H,20,21)(H,22,23). The lowest BCUT2D eigenvalue weighted by Crippen LogP contribution is -2.32. The highest BCUT2D eigenvalue weighted by Crippen LogP contribution is 2.13. The molecule has 1 aliphatic rings. The first kappa shape index (κ1) is 16.4. The molecule has 0 radical (unpaired) electrons. The van der Waals surface area contributed by atoms with Crippen LogP contribution in [-0.4, -0.2) is 30.1 Å². The second kappa shape index (κ2) is 7.88. The zero-order chi connectivity index (χ0) is 16.8. The summed E-state index contributed by atoms with van der Waals surface area (Å²) in [6.45, 7) is 1.82. The fraction of sp³-hybridized carbons (Fsp3) is 0.333. The number of halogens is 1. The first-order valence-electron chi connectivity index (χ1n) is 8.05. The van der Waals surface area contributed by atoms with Crippen molar-refractivity contribution < 1.29 is 13.9 Å². The van der Waals surface area contributed by atoms with Crippen molar-refractivity contribution >= 4 is 11.6 Å². The van der Waals surface area contributed by atoms with Crippen molar-refractivity contribution in [1.82, 2.24) is 10.3 Å². The normalized spacial score (nSPS) is 16.8. The maximum atomic E-state index is 12.9. The molecule has 0 spiro atoms. The summed E-state index contributed by atoms with van der Waals surface area (Å²) in [7, 11) is 0. The molecule has 2 heterocycles. The molecule has 5 nitrogen and oxygen atoms in total. The quantitative estimate of drug-likeness (QED) is 0.855. The number of ether oxygens (including phenoxy) is 1. The molecule has 126 valence electrons. The minimum atomic E-state index is -0.257. The Labute approximate surface area is 140 Å². The molecule has 1 saturated heterocycles. The lowest BCUT2D eigenvalue weighted by Gasteiger charge is -2.11. The number of pyridine rings is 1. The number of benzene rings is 1. The van der Waals surface area contributed by atoms with E-state index < -0.39 is 0 Å². The molecule has 2 N–H and O–H groups in total. The lowest BCUT2D eigenvalue weighted by atomic mass is 10.2. The molecule has 1 aromatic heterocycles. The number of rotatable bonds is 6. The average Bonchev–Trinajstić information content (AvgIpc) is 3.13. The number of nitrogens with zero attached hydrogens (tertiary/aromatic N) is 1. The van der Waals surface area contributed by atoms with E-state index in [0.717, 1.165) is 30.7 Å². The van der Waals surface area contributed by atoms with Gasteiger partial charge in [0.2, 0.25) is 0 Å². The van der Waals surface area contributed by atoms with Crippen LogP contribution < -0.4 is 10.6 Å². The van der Waals surface area contributed by atoms with Crippen LogP contribution in [0.25, 0.3) is 0 Å². The van der Waals surface area contributed by atoms with Gasteiger partial charge in [0.1, 0.15) is 11.5 Å². The molecule has 3 rings (SSSR count). The molecule has 24 heavy (non-hydrogen) atoms. The Balaban J connectivity index is 1.54. The highest BCUT2D eigenvalue weighted by atomic mass is 19.1. The van der Waals surface area contributed by atoms with Crippen LogP contribution in [0.1, 0.15) is 28.9 Å². The zero-order valence-corrected chi connectivity index (χ0v) is 13.3. The summed E-state index contributed by atoms with van der Waals surface area (Å²) in [5.74, 6) is -0.469.